The number of esters is 1. The molecule has 0 spiro atoms. The smallest absolute Gasteiger partial charge is 0.311 e. The predicted molar refractivity (Wildman–Crippen MR) is 73.9 cm³/mol. The third-order valence-electron chi connectivity index (χ3n) is 3.05. The predicted octanol–water partition coefficient (Wildman–Crippen LogP) is 1.71. The van der Waals surface area contributed by atoms with E-state index < -0.39 is 0 Å². The van der Waals surface area contributed by atoms with Crippen LogP contribution in [0.4, 0.5) is 0 Å². The van der Waals surface area contributed by atoms with Gasteiger partial charge in [0.15, 0.2) is 0 Å². The molecule has 0 aliphatic heterocycles. The van der Waals surface area contributed by atoms with Gasteiger partial charge in [0.25, 0.3) is 0 Å². The Labute approximate surface area is 101 Å². The maximum absolute atomic E-state index is 11.5. The van der Waals surface area contributed by atoms with E-state index in [-0.39, 0.29) is 11.4 Å². The molecule has 0 unspecified atom stereocenters. The Morgan fingerprint density at radius 2 is 2.19 bits per heavy atom. The molecule has 0 saturated heterocycles. The van der Waals surface area contributed by atoms with Gasteiger partial charge in [-0.3, -0.25) is 4.79 Å². The lowest BCUT2D eigenvalue weighted by Crippen LogP contribution is -2.26. The maximum Gasteiger partial charge on any atom is 0.311 e. The zero-order valence-electron chi connectivity index (χ0n) is 11.4. The van der Waals surface area contributed by atoms with Crippen LogP contribution in [0.1, 0.15) is 40.0 Å². The molecule has 90 valence electrons. The van der Waals surface area contributed by atoms with Gasteiger partial charge in [0.2, 0.25) is 0 Å². The quantitative estimate of drug-likeness (QED) is 0.372. The van der Waals surface area contributed by atoms with Crippen LogP contribution in [-0.4, -0.2) is 28.0 Å². The van der Waals surface area contributed by atoms with Crippen LogP contribution in [0.3, 0.4) is 0 Å². The molecule has 0 aromatic carbocycles. The first kappa shape index (κ1) is 15.3. The van der Waals surface area contributed by atoms with Crippen molar-refractivity contribution in [3.8, 4) is 0 Å². The summed E-state index contributed by atoms with van der Waals surface area (Å²) in [5.74, 6) is 0.478. The van der Waals surface area contributed by atoms with E-state index in [1.54, 1.807) is 0 Å². The molecule has 2 nitrogen and oxygen atoms in total. The number of hydrogen-bond donors (Lipinski definition) is 0. The minimum atomic E-state index is -0.359. The lowest BCUT2D eigenvalue weighted by atomic mass is 9.46. The largest absolute Gasteiger partial charge is 0.469 e. The summed E-state index contributed by atoms with van der Waals surface area (Å²) in [6, 6.07) is 0. The van der Waals surface area contributed by atoms with Crippen molar-refractivity contribution < 1.29 is 9.53 Å². The fourth-order valence-electron chi connectivity index (χ4n) is 1.69. The molecule has 16 heavy (non-hydrogen) atoms. The van der Waals surface area contributed by atoms with Gasteiger partial charge in [-0.15, -0.1) is 0 Å². The van der Waals surface area contributed by atoms with Gasteiger partial charge >= 0.3 is 5.97 Å². The van der Waals surface area contributed by atoms with Crippen molar-refractivity contribution in [3.63, 3.8) is 0 Å². The van der Waals surface area contributed by atoms with Gasteiger partial charge in [-0.05, 0) is 26.7 Å². The van der Waals surface area contributed by atoms with Crippen molar-refractivity contribution in [2.45, 2.75) is 45.9 Å². The first-order chi connectivity index (χ1) is 7.47. The number of allylic oxidation sites excluding steroid dienone is 2. The van der Waals surface area contributed by atoms with E-state index in [2.05, 4.69) is 26.8 Å². The highest BCUT2D eigenvalue weighted by Crippen LogP contribution is 2.28. The second-order valence-electron chi connectivity index (χ2n) is 4.92. The van der Waals surface area contributed by atoms with Crippen molar-refractivity contribution >= 4 is 20.9 Å². The van der Waals surface area contributed by atoms with Crippen LogP contribution in [0, 0.1) is 5.41 Å². The van der Waals surface area contributed by atoms with Crippen molar-refractivity contribution in [1.82, 2.24) is 0 Å². The Morgan fingerprint density at radius 1 is 1.56 bits per heavy atom. The molecule has 0 aliphatic carbocycles. The van der Waals surface area contributed by atoms with Crippen LogP contribution >= 0.6 is 0 Å². The molecule has 0 saturated carbocycles. The maximum atomic E-state index is 11.5. The molecule has 0 aliphatic rings. The Bertz CT molecular complexity index is 237. The standard InChI is InChI=1S/C12H24B2O2/c1-5-6-7-10(14-13)8-9-12(2,3)11(15)16-4/h6-7,10,14H,5,8-9,13H2,1-4H3/b7-6+/t10-/m0/s1. The van der Waals surface area contributed by atoms with Gasteiger partial charge in [0.05, 0.1) is 27.4 Å². The first-order valence-electron chi connectivity index (χ1n) is 6.23. The minimum absolute atomic E-state index is 0.109. The number of carbonyl (C=O) groups is 1. The Balaban J connectivity index is 4.19. The summed E-state index contributed by atoms with van der Waals surface area (Å²) in [5.41, 5.74) is -0.359. The van der Waals surface area contributed by atoms with Gasteiger partial charge in [-0.25, -0.2) is 0 Å². The van der Waals surface area contributed by atoms with Gasteiger partial charge in [-0.2, -0.15) is 0 Å². The molecular weight excluding hydrogens is 198 g/mol. The average Bonchev–Trinajstić information content (AvgIpc) is 2.28. The third-order valence-corrected chi connectivity index (χ3v) is 3.05. The van der Waals surface area contributed by atoms with E-state index in [1.165, 1.54) is 7.11 Å². The van der Waals surface area contributed by atoms with Crippen molar-refractivity contribution in [2.75, 3.05) is 7.11 Å². The molecule has 0 rings (SSSR count). The Hall–Kier alpha value is -0.660. The van der Waals surface area contributed by atoms with E-state index >= 15 is 0 Å². The summed E-state index contributed by atoms with van der Waals surface area (Å²) in [6.45, 7) is 6.05. The molecule has 4 heteroatoms. The highest BCUT2D eigenvalue weighted by Gasteiger charge is 2.28. The highest BCUT2D eigenvalue weighted by atomic mass is 16.5. The first-order valence-corrected chi connectivity index (χ1v) is 6.23. The van der Waals surface area contributed by atoms with Crippen molar-refractivity contribution in [2.24, 2.45) is 5.41 Å². The lowest BCUT2D eigenvalue weighted by molar-refractivity contribution is -0.151. The van der Waals surface area contributed by atoms with Crippen molar-refractivity contribution in [3.05, 3.63) is 12.2 Å². The number of rotatable bonds is 7. The second kappa shape index (κ2) is 7.59. The topological polar surface area (TPSA) is 26.3 Å². The van der Waals surface area contributed by atoms with Crippen LogP contribution in [0.5, 0.6) is 0 Å². The lowest BCUT2D eigenvalue weighted by Gasteiger charge is -2.23. The summed E-state index contributed by atoms with van der Waals surface area (Å²) in [5, 5.41) is 0. The summed E-state index contributed by atoms with van der Waals surface area (Å²) in [7, 11) is 4.78. The van der Waals surface area contributed by atoms with Gasteiger partial charge in [0, 0.05) is 0 Å². The zero-order valence-corrected chi connectivity index (χ0v) is 11.4. The van der Waals surface area contributed by atoms with Crippen LogP contribution in [0.2, 0.25) is 5.82 Å². The molecule has 0 radical (unpaired) electrons. The number of carbonyl (C=O) groups excluding carboxylic acids is 1. The highest BCUT2D eigenvalue weighted by molar-refractivity contribution is 6.90. The molecule has 0 aromatic rings. The van der Waals surface area contributed by atoms with Crippen LogP contribution < -0.4 is 0 Å². The monoisotopic (exact) mass is 222 g/mol. The Morgan fingerprint density at radius 3 is 2.62 bits per heavy atom. The fourth-order valence-corrected chi connectivity index (χ4v) is 1.69. The van der Waals surface area contributed by atoms with Gasteiger partial charge < -0.3 is 4.74 Å². The third kappa shape index (κ3) is 5.43. The van der Waals surface area contributed by atoms with E-state index in [1.807, 2.05) is 13.8 Å². The molecule has 0 N–H and O–H groups in total. The van der Waals surface area contributed by atoms with Crippen LogP contribution in [0.15, 0.2) is 12.2 Å². The van der Waals surface area contributed by atoms with Gasteiger partial charge in [-0.1, -0.05) is 31.3 Å². The summed E-state index contributed by atoms with van der Waals surface area (Å²) in [4.78, 5) is 11.5. The summed E-state index contributed by atoms with van der Waals surface area (Å²) in [6.07, 6.45) is 7.49. The van der Waals surface area contributed by atoms with E-state index in [0.29, 0.717) is 5.82 Å². The SMILES string of the molecule is BB[C@@H](/C=C/CC)CCC(C)(C)C(=O)OC. The van der Waals surface area contributed by atoms with Crippen LogP contribution in [0.25, 0.3) is 0 Å². The van der Waals surface area contributed by atoms with Crippen molar-refractivity contribution in [1.29, 1.82) is 0 Å². The average molecular weight is 222 g/mol. The van der Waals surface area contributed by atoms with Crippen LogP contribution in [-0.2, 0) is 9.53 Å². The number of hydrogen-bond acceptors (Lipinski definition) is 2. The molecular formula is C12H24B2O2. The summed E-state index contributed by atoms with van der Waals surface area (Å²) < 4.78 is 4.81. The zero-order chi connectivity index (χ0) is 12.6. The molecule has 0 aromatic heterocycles. The fraction of sp³-hybridized carbons (Fsp3) is 0.750. The Kier molecular flexibility index (Phi) is 7.27. The van der Waals surface area contributed by atoms with Gasteiger partial charge in [0.1, 0.15) is 0 Å². The molecule has 0 bridgehead atoms. The van der Waals surface area contributed by atoms with E-state index in [0.717, 1.165) is 26.4 Å². The normalized spacial score (nSPS) is 13.8. The number of ether oxygens (including phenoxy) is 1. The minimum Gasteiger partial charge on any atom is -0.469 e. The number of methoxy groups -OCH3 is 1. The van der Waals surface area contributed by atoms with E-state index in [9.17, 15) is 4.79 Å². The molecule has 0 amide bonds. The molecule has 1 atom stereocenters. The molecule has 0 heterocycles. The van der Waals surface area contributed by atoms with E-state index in [4.69, 9.17) is 4.74 Å². The second-order valence-corrected chi connectivity index (χ2v) is 4.92. The molecule has 0 fully saturated rings. The summed E-state index contributed by atoms with van der Waals surface area (Å²) >= 11 is 0.